The SMILES string of the molecule is COc1ccc(CN(C(=O)COC(=O)c2cccc(C)c2C)C2CC2)cc1. The van der Waals surface area contributed by atoms with Gasteiger partial charge in [0.2, 0.25) is 0 Å². The van der Waals surface area contributed by atoms with E-state index in [1.807, 2.05) is 50.2 Å². The van der Waals surface area contributed by atoms with E-state index in [0.29, 0.717) is 12.1 Å². The number of rotatable bonds is 7. The van der Waals surface area contributed by atoms with Gasteiger partial charge in [-0.05, 0) is 61.6 Å². The lowest BCUT2D eigenvalue weighted by Crippen LogP contribution is -2.36. The van der Waals surface area contributed by atoms with Crippen molar-refractivity contribution >= 4 is 11.9 Å². The van der Waals surface area contributed by atoms with Crippen LogP contribution in [0.2, 0.25) is 0 Å². The number of hydrogen-bond donors (Lipinski definition) is 0. The Morgan fingerprint density at radius 1 is 1.07 bits per heavy atom. The third-order valence-corrected chi connectivity index (χ3v) is 4.97. The van der Waals surface area contributed by atoms with Crippen molar-refractivity contribution in [2.75, 3.05) is 13.7 Å². The summed E-state index contributed by atoms with van der Waals surface area (Å²) in [6.45, 7) is 4.10. The van der Waals surface area contributed by atoms with Gasteiger partial charge >= 0.3 is 5.97 Å². The normalized spacial score (nSPS) is 13.1. The van der Waals surface area contributed by atoms with E-state index in [9.17, 15) is 9.59 Å². The van der Waals surface area contributed by atoms with Crippen molar-refractivity contribution in [3.63, 3.8) is 0 Å². The standard InChI is InChI=1S/C22H25NO4/c1-15-5-4-6-20(16(15)2)22(25)27-14-21(24)23(18-9-10-18)13-17-7-11-19(26-3)12-8-17/h4-8,11-12,18H,9-10,13-14H2,1-3H3. The van der Waals surface area contributed by atoms with Gasteiger partial charge in [-0.15, -0.1) is 0 Å². The Kier molecular flexibility index (Phi) is 5.79. The highest BCUT2D eigenvalue weighted by Crippen LogP contribution is 2.29. The zero-order valence-corrected chi connectivity index (χ0v) is 16.0. The summed E-state index contributed by atoms with van der Waals surface area (Å²) in [4.78, 5) is 26.8. The van der Waals surface area contributed by atoms with Crippen molar-refractivity contribution in [3.05, 3.63) is 64.7 Å². The first-order valence-corrected chi connectivity index (χ1v) is 9.15. The largest absolute Gasteiger partial charge is 0.497 e. The Morgan fingerprint density at radius 2 is 1.78 bits per heavy atom. The summed E-state index contributed by atoms with van der Waals surface area (Å²) in [5, 5.41) is 0. The molecule has 2 aromatic rings. The molecule has 5 nitrogen and oxygen atoms in total. The fourth-order valence-corrected chi connectivity index (χ4v) is 2.99. The first-order valence-electron chi connectivity index (χ1n) is 9.15. The molecule has 0 aromatic heterocycles. The molecule has 0 bridgehead atoms. The van der Waals surface area contributed by atoms with E-state index in [-0.39, 0.29) is 18.6 Å². The van der Waals surface area contributed by atoms with Crippen molar-refractivity contribution in [2.24, 2.45) is 0 Å². The van der Waals surface area contributed by atoms with Crippen molar-refractivity contribution in [2.45, 2.75) is 39.3 Å². The van der Waals surface area contributed by atoms with Gasteiger partial charge in [-0.3, -0.25) is 4.79 Å². The Hall–Kier alpha value is -2.82. The van der Waals surface area contributed by atoms with E-state index in [1.54, 1.807) is 18.1 Å². The van der Waals surface area contributed by atoms with E-state index in [2.05, 4.69) is 0 Å². The average Bonchev–Trinajstić information content (AvgIpc) is 3.51. The molecule has 142 valence electrons. The van der Waals surface area contributed by atoms with Gasteiger partial charge < -0.3 is 14.4 Å². The van der Waals surface area contributed by atoms with Crippen LogP contribution in [0.1, 0.15) is 39.9 Å². The first kappa shape index (κ1) is 19.0. The molecule has 0 radical (unpaired) electrons. The lowest BCUT2D eigenvalue weighted by atomic mass is 10.0. The number of hydrogen-bond acceptors (Lipinski definition) is 4. The third kappa shape index (κ3) is 4.67. The number of aryl methyl sites for hydroxylation is 1. The molecule has 0 aliphatic heterocycles. The zero-order chi connectivity index (χ0) is 19.4. The van der Waals surface area contributed by atoms with E-state index >= 15 is 0 Å². The van der Waals surface area contributed by atoms with Crippen LogP contribution in [0.5, 0.6) is 5.75 Å². The maximum atomic E-state index is 12.7. The molecule has 27 heavy (non-hydrogen) atoms. The first-order chi connectivity index (χ1) is 13.0. The quantitative estimate of drug-likeness (QED) is 0.701. The summed E-state index contributed by atoms with van der Waals surface area (Å²) < 4.78 is 10.5. The number of nitrogens with zero attached hydrogens (tertiary/aromatic N) is 1. The van der Waals surface area contributed by atoms with E-state index in [1.165, 1.54) is 0 Å². The third-order valence-electron chi connectivity index (χ3n) is 4.97. The lowest BCUT2D eigenvalue weighted by Gasteiger charge is -2.22. The molecule has 0 spiro atoms. The van der Waals surface area contributed by atoms with Gasteiger partial charge in [0.1, 0.15) is 5.75 Å². The monoisotopic (exact) mass is 367 g/mol. The van der Waals surface area contributed by atoms with Crippen molar-refractivity contribution in [1.29, 1.82) is 0 Å². The Morgan fingerprint density at radius 3 is 2.41 bits per heavy atom. The van der Waals surface area contributed by atoms with Crippen LogP contribution in [0.4, 0.5) is 0 Å². The van der Waals surface area contributed by atoms with Gasteiger partial charge in [0.25, 0.3) is 5.91 Å². The van der Waals surface area contributed by atoms with Gasteiger partial charge in [0.05, 0.1) is 12.7 Å². The van der Waals surface area contributed by atoms with Crippen LogP contribution in [0.25, 0.3) is 0 Å². The Balaban J connectivity index is 1.61. The topological polar surface area (TPSA) is 55.8 Å². The number of methoxy groups -OCH3 is 1. The maximum absolute atomic E-state index is 12.7. The van der Waals surface area contributed by atoms with Gasteiger partial charge in [-0.2, -0.15) is 0 Å². The minimum Gasteiger partial charge on any atom is -0.497 e. The number of amides is 1. The highest BCUT2D eigenvalue weighted by Gasteiger charge is 2.33. The van der Waals surface area contributed by atoms with Crippen LogP contribution >= 0.6 is 0 Å². The van der Waals surface area contributed by atoms with E-state index in [0.717, 1.165) is 35.3 Å². The minimum atomic E-state index is -0.454. The van der Waals surface area contributed by atoms with Crippen LogP contribution in [0, 0.1) is 13.8 Å². The number of carbonyl (C=O) groups excluding carboxylic acids is 2. The average molecular weight is 367 g/mol. The zero-order valence-electron chi connectivity index (χ0n) is 16.0. The summed E-state index contributed by atoms with van der Waals surface area (Å²) in [5.41, 5.74) is 3.44. The molecular formula is C22H25NO4. The van der Waals surface area contributed by atoms with E-state index in [4.69, 9.17) is 9.47 Å². The summed E-state index contributed by atoms with van der Waals surface area (Å²) >= 11 is 0. The second-order valence-electron chi connectivity index (χ2n) is 6.92. The molecule has 3 rings (SSSR count). The highest BCUT2D eigenvalue weighted by atomic mass is 16.5. The highest BCUT2D eigenvalue weighted by molar-refractivity contribution is 5.93. The van der Waals surface area contributed by atoms with Crippen LogP contribution < -0.4 is 4.74 Å². The van der Waals surface area contributed by atoms with Gasteiger partial charge in [0.15, 0.2) is 6.61 Å². The maximum Gasteiger partial charge on any atom is 0.338 e. The van der Waals surface area contributed by atoms with Crippen molar-refractivity contribution in [3.8, 4) is 5.75 Å². The van der Waals surface area contributed by atoms with Crippen LogP contribution in [0.3, 0.4) is 0 Å². The molecule has 0 unspecified atom stereocenters. The fraction of sp³-hybridized carbons (Fsp3) is 0.364. The number of esters is 1. The molecule has 2 aromatic carbocycles. The molecule has 1 amide bonds. The fourth-order valence-electron chi connectivity index (χ4n) is 2.99. The molecule has 5 heteroatoms. The molecule has 0 heterocycles. The summed E-state index contributed by atoms with van der Waals surface area (Å²) in [6.07, 6.45) is 1.99. The van der Waals surface area contributed by atoms with Crippen molar-refractivity contribution in [1.82, 2.24) is 4.90 Å². The molecule has 1 saturated carbocycles. The van der Waals surface area contributed by atoms with Crippen molar-refractivity contribution < 1.29 is 19.1 Å². The molecule has 1 aliphatic carbocycles. The minimum absolute atomic E-state index is 0.160. The summed E-state index contributed by atoms with van der Waals surface area (Å²) in [7, 11) is 1.62. The predicted octanol–water partition coefficient (Wildman–Crippen LogP) is 3.66. The Labute approximate surface area is 159 Å². The number of ether oxygens (including phenoxy) is 2. The number of carbonyl (C=O) groups is 2. The molecular weight excluding hydrogens is 342 g/mol. The molecule has 1 aliphatic rings. The predicted molar refractivity (Wildman–Crippen MR) is 103 cm³/mol. The smallest absolute Gasteiger partial charge is 0.338 e. The van der Waals surface area contributed by atoms with Gasteiger partial charge in [0, 0.05) is 12.6 Å². The second kappa shape index (κ2) is 8.25. The van der Waals surface area contributed by atoms with Gasteiger partial charge in [-0.25, -0.2) is 4.79 Å². The summed E-state index contributed by atoms with van der Waals surface area (Å²) in [6, 6.07) is 13.4. The second-order valence-corrected chi connectivity index (χ2v) is 6.92. The van der Waals surface area contributed by atoms with E-state index < -0.39 is 5.97 Å². The summed E-state index contributed by atoms with van der Waals surface area (Å²) in [5.74, 6) is 0.169. The van der Waals surface area contributed by atoms with Gasteiger partial charge in [-0.1, -0.05) is 24.3 Å². The number of benzene rings is 2. The molecule has 1 fully saturated rings. The van der Waals surface area contributed by atoms with Crippen LogP contribution in [0.15, 0.2) is 42.5 Å². The van der Waals surface area contributed by atoms with Crippen LogP contribution in [-0.4, -0.2) is 36.5 Å². The lowest BCUT2D eigenvalue weighted by molar-refractivity contribution is -0.135. The molecule has 0 N–H and O–H groups in total. The van der Waals surface area contributed by atoms with Crippen LogP contribution in [-0.2, 0) is 16.1 Å². The molecule has 0 atom stereocenters. The Bertz CT molecular complexity index is 825. The molecule has 0 saturated heterocycles.